The van der Waals surface area contributed by atoms with Gasteiger partial charge in [0.15, 0.2) is 5.69 Å². The molecule has 0 unspecified atom stereocenters. The Hall–Kier alpha value is -3.12. The predicted octanol–water partition coefficient (Wildman–Crippen LogP) is 2.21. The van der Waals surface area contributed by atoms with Crippen LogP contribution in [-0.2, 0) is 6.54 Å². The lowest BCUT2D eigenvalue weighted by molar-refractivity contribution is 0.0948. The van der Waals surface area contributed by atoms with E-state index in [0.717, 1.165) is 22.6 Å². The first-order valence-corrected chi connectivity index (χ1v) is 7.48. The topological polar surface area (TPSA) is 82.2 Å². The molecule has 0 bridgehead atoms. The van der Waals surface area contributed by atoms with Crippen LogP contribution in [0.4, 0.5) is 0 Å². The number of ether oxygens (including phenoxy) is 1. The number of nitrogens with two attached hydrogens (primary N) is 1. The molecule has 0 aliphatic carbocycles. The van der Waals surface area contributed by atoms with Gasteiger partial charge in [0.05, 0.1) is 19.3 Å². The van der Waals surface area contributed by atoms with Crippen molar-refractivity contribution in [1.29, 1.82) is 0 Å². The average molecular weight is 322 g/mol. The van der Waals surface area contributed by atoms with Crippen molar-refractivity contribution >= 4 is 5.91 Å². The first-order valence-electron chi connectivity index (χ1n) is 7.48. The molecule has 24 heavy (non-hydrogen) atoms. The minimum Gasteiger partial charge on any atom is -0.497 e. The minimum atomic E-state index is -0.416. The van der Waals surface area contributed by atoms with Crippen molar-refractivity contribution in [2.45, 2.75) is 6.54 Å². The number of hydrogen-bond donors (Lipinski definition) is 2. The van der Waals surface area contributed by atoms with Gasteiger partial charge in [0, 0.05) is 0 Å². The van der Waals surface area contributed by atoms with Gasteiger partial charge in [-0.25, -0.2) is 5.84 Å². The summed E-state index contributed by atoms with van der Waals surface area (Å²) in [5, 5.41) is 4.39. The van der Waals surface area contributed by atoms with Gasteiger partial charge in [0.1, 0.15) is 5.75 Å². The molecule has 0 atom stereocenters. The Morgan fingerprint density at radius 3 is 2.50 bits per heavy atom. The Bertz CT molecular complexity index is 826. The molecule has 3 aromatic rings. The van der Waals surface area contributed by atoms with E-state index in [-0.39, 0.29) is 5.69 Å². The normalized spacial score (nSPS) is 10.4. The van der Waals surface area contributed by atoms with Crippen LogP contribution in [0.5, 0.6) is 5.75 Å². The lowest BCUT2D eigenvalue weighted by atomic mass is 10.1. The molecular weight excluding hydrogens is 304 g/mol. The van der Waals surface area contributed by atoms with E-state index >= 15 is 0 Å². The number of hydrogen-bond acceptors (Lipinski definition) is 4. The third kappa shape index (κ3) is 3.28. The number of nitrogen functional groups attached to an aromatic ring is 1. The smallest absolute Gasteiger partial charge is 0.285 e. The molecule has 6 heteroatoms. The number of carbonyl (C=O) groups excluding carboxylic acids is 1. The second-order valence-electron chi connectivity index (χ2n) is 5.26. The first-order chi connectivity index (χ1) is 11.7. The van der Waals surface area contributed by atoms with Crippen LogP contribution in [0.15, 0.2) is 60.7 Å². The molecule has 0 saturated heterocycles. The number of hydrazine groups is 1. The van der Waals surface area contributed by atoms with Gasteiger partial charge in [-0.1, -0.05) is 42.5 Å². The van der Waals surface area contributed by atoms with Crippen molar-refractivity contribution in [3.8, 4) is 17.0 Å². The van der Waals surface area contributed by atoms with Gasteiger partial charge in [-0.05, 0) is 29.3 Å². The highest BCUT2D eigenvalue weighted by molar-refractivity contribution is 5.93. The van der Waals surface area contributed by atoms with Gasteiger partial charge < -0.3 is 4.74 Å². The third-order valence-corrected chi connectivity index (χ3v) is 3.70. The van der Waals surface area contributed by atoms with Crippen LogP contribution < -0.4 is 16.0 Å². The quantitative estimate of drug-likeness (QED) is 0.429. The number of rotatable bonds is 5. The van der Waals surface area contributed by atoms with Gasteiger partial charge in [-0.3, -0.25) is 14.9 Å². The average Bonchev–Trinajstić information content (AvgIpc) is 3.06. The molecule has 2 aromatic carbocycles. The molecule has 3 rings (SSSR count). The highest BCUT2D eigenvalue weighted by atomic mass is 16.5. The molecule has 3 N–H and O–H groups in total. The Morgan fingerprint density at radius 1 is 1.17 bits per heavy atom. The summed E-state index contributed by atoms with van der Waals surface area (Å²) >= 11 is 0. The fourth-order valence-corrected chi connectivity index (χ4v) is 2.47. The summed E-state index contributed by atoms with van der Waals surface area (Å²) in [5.74, 6) is 5.60. The van der Waals surface area contributed by atoms with Gasteiger partial charge >= 0.3 is 0 Å². The zero-order valence-electron chi connectivity index (χ0n) is 13.3. The molecule has 6 nitrogen and oxygen atoms in total. The highest BCUT2D eigenvalue weighted by Gasteiger charge is 2.15. The van der Waals surface area contributed by atoms with Crippen LogP contribution >= 0.6 is 0 Å². The zero-order valence-corrected chi connectivity index (χ0v) is 13.3. The van der Waals surface area contributed by atoms with E-state index in [4.69, 9.17) is 10.6 Å². The summed E-state index contributed by atoms with van der Waals surface area (Å²) in [6, 6.07) is 19.3. The van der Waals surface area contributed by atoms with E-state index in [1.165, 1.54) is 0 Å². The van der Waals surface area contributed by atoms with E-state index < -0.39 is 5.91 Å². The zero-order chi connectivity index (χ0) is 16.9. The van der Waals surface area contributed by atoms with Crippen molar-refractivity contribution in [3.05, 3.63) is 71.9 Å². The lowest BCUT2D eigenvalue weighted by Gasteiger charge is -2.08. The fourth-order valence-electron chi connectivity index (χ4n) is 2.47. The number of nitrogens with zero attached hydrogens (tertiary/aromatic N) is 2. The standard InChI is InChI=1S/C18H18N4O2/c1-24-15-9-7-13(8-10-15)12-22-17(14-5-3-2-4-6-14)11-16(21-22)18(23)20-19/h2-11H,12,19H2,1H3,(H,20,23). The maximum atomic E-state index is 11.8. The first kappa shape index (κ1) is 15.8. The molecule has 1 aromatic heterocycles. The molecular formula is C18H18N4O2. The molecule has 0 spiro atoms. The number of methoxy groups -OCH3 is 1. The van der Waals surface area contributed by atoms with E-state index in [1.807, 2.05) is 54.6 Å². The molecule has 0 radical (unpaired) electrons. The van der Waals surface area contributed by atoms with Crippen LogP contribution in [0.1, 0.15) is 16.1 Å². The summed E-state index contributed by atoms with van der Waals surface area (Å²) in [6.07, 6.45) is 0. The Balaban J connectivity index is 1.98. The summed E-state index contributed by atoms with van der Waals surface area (Å²) in [5.41, 5.74) is 5.29. The van der Waals surface area contributed by atoms with Crippen molar-refractivity contribution in [2.75, 3.05) is 7.11 Å². The van der Waals surface area contributed by atoms with Crippen LogP contribution in [0.25, 0.3) is 11.3 Å². The Labute approximate surface area is 139 Å². The third-order valence-electron chi connectivity index (χ3n) is 3.70. The Kier molecular flexibility index (Phi) is 4.58. The molecule has 0 aliphatic rings. The van der Waals surface area contributed by atoms with Crippen molar-refractivity contribution in [1.82, 2.24) is 15.2 Å². The lowest BCUT2D eigenvalue weighted by Crippen LogP contribution is -2.30. The minimum absolute atomic E-state index is 0.282. The fraction of sp³-hybridized carbons (Fsp3) is 0.111. The van der Waals surface area contributed by atoms with Crippen molar-refractivity contribution < 1.29 is 9.53 Å². The van der Waals surface area contributed by atoms with Gasteiger partial charge in [-0.15, -0.1) is 0 Å². The van der Waals surface area contributed by atoms with Crippen LogP contribution in [-0.4, -0.2) is 22.8 Å². The molecule has 1 amide bonds. The molecule has 0 fully saturated rings. The number of nitrogens with one attached hydrogen (secondary N) is 1. The van der Waals surface area contributed by atoms with Crippen LogP contribution in [0.3, 0.4) is 0 Å². The maximum absolute atomic E-state index is 11.8. The molecule has 0 saturated carbocycles. The predicted molar refractivity (Wildman–Crippen MR) is 91.4 cm³/mol. The SMILES string of the molecule is COc1ccc(Cn2nc(C(=O)NN)cc2-c2ccccc2)cc1. The number of aromatic nitrogens is 2. The molecule has 122 valence electrons. The van der Waals surface area contributed by atoms with Crippen LogP contribution in [0.2, 0.25) is 0 Å². The van der Waals surface area contributed by atoms with Gasteiger partial charge in [-0.2, -0.15) is 5.10 Å². The van der Waals surface area contributed by atoms with Crippen LogP contribution in [0, 0.1) is 0 Å². The monoisotopic (exact) mass is 322 g/mol. The van der Waals surface area contributed by atoms with E-state index in [9.17, 15) is 4.79 Å². The summed E-state index contributed by atoms with van der Waals surface area (Å²) in [7, 11) is 1.63. The second-order valence-corrected chi connectivity index (χ2v) is 5.26. The highest BCUT2D eigenvalue weighted by Crippen LogP contribution is 2.22. The second kappa shape index (κ2) is 6.97. The van der Waals surface area contributed by atoms with Crippen molar-refractivity contribution in [2.24, 2.45) is 5.84 Å². The Morgan fingerprint density at radius 2 is 1.88 bits per heavy atom. The maximum Gasteiger partial charge on any atom is 0.285 e. The number of benzene rings is 2. The largest absolute Gasteiger partial charge is 0.497 e. The van der Waals surface area contributed by atoms with Gasteiger partial charge in [0.25, 0.3) is 5.91 Å². The molecule has 0 aliphatic heterocycles. The van der Waals surface area contributed by atoms with Gasteiger partial charge in [0.2, 0.25) is 0 Å². The van der Waals surface area contributed by atoms with E-state index in [0.29, 0.717) is 6.54 Å². The summed E-state index contributed by atoms with van der Waals surface area (Å²) < 4.78 is 6.97. The molecule has 1 heterocycles. The van der Waals surface area contributed by atoms with E-state index in [2.05, 4.69) is 10.5 Å². The summed E-state index contributed by atoms with van der Waals surface area (Å²) in [6.45, 7) is 0.534. The van der Waals surface area contributed by atoms with E-state index in [1.54, 1.807) is 17.9 Å². The summed E-state index contributed by atoms with van der Waals surface area (Å²) in [4.78, 5) is 11.8. The number of amides is 1. The number of carbonyl (C=O) groups is 1. The van der Waals surface area contributed by atoms with Crippen molar-refractivity contribution in [3.63, 3.8) is 0 Å².